The molecular formula is C46H51N5O12S2. The second-order valence-electron chi connectivity index (χ2n) is 15.4. The van der Waals surface area contributed by atoms with Gasteiger partial charge in [0.15, 0.2) is 11.5 Å². The summed E-state index contributed by atoms with van der Waals surface area (Å²) in [6, 6.07) is 16.0. The van der Waals surface area contributed by atoms with Crippen LogP contribution in [0.3, 0.4) is 0 Å². The molecular weight excluding hydrogens is 879 g/mol. The first-order valence-electron chi connectivity index (χ1n) is 21.2. The maximum Gasteiger partial charge on any atom is 0.264 e. The fourth-order valence-corrected chi connectivity index (χ4v) is 9.59. The summed E-state index contributed by atoms with van der Waals surface area (Å²) >= 11 is 0.0763. The Hall–Kier alpha value is -5.83. The van der Waals surface area contributed by atoms with Gasteiger partial charge in [0.2, 0.25) is 17.7 Å². The number of piperidine rings is 1. The van der Waals surface area contributed by atoms with E-state index in [9.17, 15) is 33.3 Å². The van der Waals surface area contributed by atoms with E-state index >= 15 is 0 Å². The molecule has 4 heterocycles. The Labute approximate surface area is 383 Å². The predicted molar refractivity (Wildman–Crippen MR) is 241 cm³/mol. The first-order valence-corrected chi connectivity index (χ1v) is 23.8. The third kappa shape index (κ3) is 11.2. The number of carbonyl (C=O) groups is 6. The van der Waals surface area contributed by atoms with E-state index in [1.54, 1.807) is 35.7 Å². The van der Waals surface area contributed by atoms with E-state index in [1.165, 1.54) is 35.7 Å². The van der Waals surface area contributed by atoms with Gasteiger partial charge >= 0.3 is 0 Å². The van der Waals surface area contributed by atoms with Gasteiger partial charge in [-0.3, -0.25) is 39.0 Å². The van der Waals surface area contributed by atoms with Crippen LogP contribution in [0, 0.1) is 0 Å². The van der Waals surface area contributed by atoms with E-state index < -0.39 is 46.9 Å². The van der Waals surface area contributed by atoms with E-state index in [0.717, 1.165) is 20.9 Å². The Bertz CT molecular complexity index is 2410. The van der Waals surface area contributed by atoms with Crippen LogP contribution >= 0.6 is 11.3 Å². The lowest BCUT2D eigenvalue weighted by Crippen LogP contribution is -2.52. The summed E-state index contributed by atoms with van der Waals surface area (Å²) < 4.78 is 40.9. The molecule has 3 N–H and O–H groups in total. The van der Waals surface area contributed by atoms with Crippen LogP contribution in [0.15, 0.2) is 66.0 Å². The van der Waals surface area contributed by atoms with Crippen molar-refractivity contribution in [3.05, 3.63) is 104 Å². The zero-order valence-electron chi connectivity index (χ0n) is 36.3. The highest BCUT2D eigenvalue weighted by Gasteiger charge is 2.44. The van der Waals surface area contributed by atoms with Gasteiger partial charge in [-0.25, -0.2) is 0 Å². The van der Waals surface area contributed by atoms with Crippen molar-refractivity contribution in [2.75, 3.05) is 64.0 Å². The summed E-state index contributed by atoms with van der Waals surface area (Å²) in [4.78, 5) is 81.1. The Morgan fingerprint density at radius 1 is 0.938 bits per heavy atom. The smallest absolute Gasteiger partial charge is 0.264 e. The van der Waals surface area contributed by atoms with E-state index in [-0.39, 0.29) is 67.0 Å². The molecule has 1 aromatic heterocycles. The molecule has 3 aromatic carbocycles. The van der Waals surface area contributed by atoms with Gasteiger partial charge in [0.1, 0.15) is 30.2 Å². The Balaban J connectivity index is 0.782. The van der Waals surface area contributed by atoms with E-state index in [0.29, 0.717) is 74.3 Å². The largest absolute Gasteiger partial charge is 0.616 e. The van der Waals surface area contributed by atoms with Crippen molar-refractivity contribution in [3.63, 3.8) is 0 Å². The molecule has 344 valence electrons. The van der Waals surface area contributed by atoms with Crippen LogP contribution < -0.4 is 30.2 Å². The molecule has 1 saturated heterocycles. The van der Waals surface area contributed by atoms with Crippen molar-refractivity contribution in [3.8, 4) is 17.2 Å². The molecule has 3 unspecified atom stereocenters. The van der Waals surface area contributed by atoms with Gasteiger partial charge < -0.3 is 43.8 Å². The number of nitrogens with one attached hydrogen (secondary N) is 3. The van der Waals surface area contributed by atoms with Gasteiger partial charge in [-0.1, -0.05) is 35.4 Å². The number of ether oxygens (including phenoxy) is 5. The Kier molecular flexibility index (Phi) is 15.9. The monoisotopic (exact) mass is 929 g/mol. The molecule has 3 aliphatic heterocycles. The summed E-state index contributed by atoms with van der Waals surface area (Å²) in [5.74, 6) is -0.900. The van der Waals surface area contributed by atoms with Crippen molar-refractivity contribution in [1.82, 2.24) is 20.4 Å². The highest BCUT2D eigenvalue weighted by Crippen LogP contribution is 2.39. The molecule has 65 heavy (non-hydrogen) atoms. The van der Waals surface area contributed by atoms with Crippen LogP contribution in [0.2, 0.25) is 0 Å². The molecule has 0 saturated carbocycles. The van der Waals surface area contributed by atoms with Crippen LogP contribution in [0.1, 0.15) is 84.9 Å². The second-order valence-corrected chi connectivity index (χ2v) is 17.8. The van der Waals surface area contributed by atoms with Crippen molar-refractivity contribution >= 4 is 63.6 Å². The summed E-state index contributed by atoms with van der Waals surface area (Å²) in [6.07, 6.45) is 2.04. The fourth-order valence-electron chi connectivity index (χ4n) is 7.86. The van der Waals surface area contributed by atoms with E-state index in [2.05, 4.69) is 16.0 Å². The second kappa shape index (κ2) is 21.9. The first-order chi connectivity index (χ1) is 31.5. The number of benzene rings is 3. The quantitative estimate of drug-likeness (QED) is 0.0537. The maximum absolute atomic E-state index is 13.9. The third-order valence-corrected chi connectivity index (χ3v) is 12.9. The summed E-state index contributed by atoms with van der Waals surface area (Å²) in [5, 5.41) is 10.2. The minimum Gasteiger partial charge on any atom is -0.616 e. The number of rotatable bonds is 23. The number of imide groups is 2. The summed E-state index contributed by atoms with van der Waals surface area (Å²) in [5.41, 5.74) is 3.47. The molecule has 4 aromatic rings. The fraction of sp³-hybridized carbons (Fsp3) is 0.391. The molecule has 17 nitrogen and oxygen atoms in total. The van der Waals surface area contributed by atoms with Crippen molar-refractivity contribution < 1.29 is 57.0 Å². The molecule has 3 aliphatic rings. The number of carbonyl (C=O) groups excluding carboxylic acids is 6. The number of fused-ring (bicyclic) bond motifs is 2. The molecule has 19 heteroatoms. The van der Waals surface area contributed by atoms with Crippen molar-refractivity contribution in [2.45, 2.75) is 58.0 Å². The lowest BCUT2D eigenvalue weighted by Gasteiger charge is -2.29. The number of hydrogen-bond donors (Lipinski definition) is 3. The van der Waals surface area contributed by atoms with Crippen LogP contribution in [0.4, 0.5) is 5.69 Å². The van der Waals surface area contributed by atoms with Gasteiger partial charge in [-0.15, -0.1) is 11.3 Å². The number of thiophene rings is 1. The molecule has 1 fully saturated rings. The first kappa shape index (κ1) is 47.1. The number of methoxy groups -OCH3 is 1. The van der Waals surface area contributed by atoms with Crippen molar-refractivity contribution in [2.24, 2.45) is 0 Å². The molecule has 0 spiro atoms. The standard InChI is InChI=1S/C46H51N5O12S2/c1-4-62-38-22-29(10-14-37(38)59-2)36(27-65(3)58)51-45(56)31-6-5-7-34(42(31)46(51)57)48-41(53)16-18-60-20-21-61-19-17-47-23-28-8-11-30(12-9-28)63-25-39-32-24-50(44(55)33(32)26-64-39)35-13-15-40(52)49-43(35)54/h5-12,14,22,26,35-36,47H,4,13,15-21,23-25,27H2,1-3H3,(H,48,53)(H,49,52,54). The summed E-state index contributed by atoms with van der Waals surface area (Å²) in [6.45, 7) is 5.17. The minimum absolute atomic E-state index is 0.000252. The van der Waals surface area contributed by atoms with Gasteiger partial charge in [0.25, 0.3) is 17.7 Å². The minimum atomic E-state index is -1.38. The molecule has 6 amide bonds. The topological polar surface area (TPSA) is 214 Å². The lowest BCUT2D eigenvalue weighted by molar-refractivity contribution is -0.137. The molecule has 0 bridgehead atoms. The van der Waals surface area contributed by atoms with Gasteiger partial charge in [0.05, 0.1) is 75.2 Å². The van der Waals surface area contributed by atoms with Crippen LogP contribution in [-0.4, -0.2) is 115 Å². The highest BCUT2D eigenvalue weighted by molar-refractivity contribution is 7.90. The SMILES string of the molecule is CCOc1cc(C(C[S+](C)[O-])N2C(=O)c3cccc(NC(=O)CCOCCOCCNCc4ccc(OCc5scc6c5CN(C5CCC(=O)NC5=O)C6=O)cc4)c3C2=O)ccc1OC. The van der Waals surface area contributed by atoms with Gasteiger partial charge in [-0.05, 0) is 60.9 Å². The lowest BCUT2D eigenvalue weighted by atomic mass is 10.0. The zero-order valence-corrected chi connectivity index (χ0v) is 37.9. The van der Waals surface area contributed by atoms with Gasteiger partial charge in [-0.2, -0.15) is 0 Å². The van der Waals surface area contributed by atoms with Crippen LogP contribution in [-0.2, 0) is 54.7 Å². The predicted octanol–water partition coefficient (Wildman–Crippen LogP) is 4.36. The Morgan fingerprint density at radius 2 is 1.72 bits per heavy atom. The zero-order chi connectivity index (χ0) is 46.0. The van der Waals surface area contributed by atoms with E-state index in [4.69, 9.17) is 23.7 Å². The number of anilines is 1. The number of amides is 6. The average Bonchev–Trinajstić information content (AvgIpc) is 3.92. The van der Waals surface area contributed by atoms with E-state index in [1.807, 2.05) is 31.2 Å². The number of nitrogens with zero attached hydrogens (tertiary/aromatic N) is 2. The third-order valence-electron chi connectivity index (χ3n) is 11.1. The maximum atomic E-state index is 13.9. The molecule has 3 atom stereocenters. The molecule has 7 rings (SSSR count). The normalized spacial score (nSPS) is 16.6. The summed E-state index contributed by atoms with van der Waals surface area (Å²) in [7, 11) is 1.51. The van der Waals surface area contributed by atoms with Gasteiger partial charge in [0, 0.05) is 41.9 Å². The molecule has 0 radical (unpaired) electrons. The van der Waals surface area contributed by atoms with Crippen molar-refractivity contribution in [1.29, 1.82) is 0 Å². The molecule has 0 aliphatic carbocycles. The average molecular weight is 930 g/mol. The Morgan fingerprint density at radius 3 is 2.46 bits per heavy atom. The number of hydrogen-bond acceptors (Lipinski definition) is 14. The van der Waals surface area contributed by atoms with Crippen LogP contribution in [0.5, 0.6) is 17.2 Å². The van der Waals surface area contributed by atoms with Crippen LogP contribution in [0.25, 0.3) is 0 Å². The highest BCUT2D eigenvalue weighted by atomic mass is 32.2.